The van der Waals surface area contributed by atoms with Crippen molar-refractivity contribution in [2.75, 3.05) is 33.4 Å². The number of methoxy groups -OCH3 is 1. The molecule has 0 aromatic heterocycles. The Morgan fingerprint density at radius 2 is 1.75 bits per heavy atom. The average molecular weight is 340 g/mol. The third kappa shape index (κ3) is 4.21. The molecule has 2 rings (SSSR count). The summed E-state index contributed by atoms with van der Waals surface area (Å²) in [7, 11) is 1.54. The van der Waals surface area contributed by atoms with E-state index < -0.39 is 5.60 Å². The first-order valence-electron chi connectivity index (χ1n) is 8.81. The van der Waals surface area contributed by atoms with Gasteiger partial charge in [0.1, 0.15) is 12.2 Å². The van der Waals surface area contributed by atoms with Crippen LogP contribution in [0, 0.1) is 11.3 Å². The summed E-state index contributed by atoms with van der Waals surface area (Å²) in [6.45, 7) is 12.4. The topological polar surface area (TPSA) is 59.1 Å². The molecule has 24 heavy (non-hydrogen) atoms. The maximum Gasteiger partial charge on any atom is 0.410 e. The Hall–Kier alpha value is -1.30. The summed E-state index contributed by atoms with van der Waals surface area (Å²) < 4.78 is 10.5. The molecule has 1 unspecified atom stereocenters. The van der Waals surface area contributed by atoms with E-state index in [0.717, 1.165) is 32.5 Å². The molecule has 0 radical (unpaired) electrons. The van der Waals surface area contributed by atoms with E-state index in [4.69, 9.17) is 9.47 Å². The SMILES string of the molecule is COCC(=O)N1CCC(C2N(C(=O)OC(C)(C)C)CC2(C)C)CC1. The van der Waals surface area contributed by atoms with Crippen molar-refractivity contribution >= 4 is 12.0 Å². The Morgan fingerprint density at radius 1 is 1.17 bits per heavy atom. The van der Waals surface area contributed by atoms with Gasteiger partial charge in [-0.05, 0) is 39.5 Å². The molecule has 6 heteroatoms. The second-order valence-electron chi connectivity index (χ2n) is 8.69. The van der Waals surface area contributed by atoms with Crippen molar-refractivity contribution in [1.29, 1.82) is 0 Å². The van der Waals surface area contributed by atoms with Crippen molar-refractivity contribution in [2.45, 2.75) is 59.1 Å². The fraction of sp³-hybridized carbons (Fsp3) is 0.889. The normalized spacial score (nSPS) is 24.5. The van der Waals surface area contributed by atoms with E-state index in [9.17, 15) is 9.59 Å². The lowest BCUT2D eigenvalue weighted by Gasteiger charge is -2.58. The van der Waals surface area contributed by atoms with Gasteiger partial charge in [0.05, 0.1) is 0 Å². The summed E-state index contributed by atoms with van der Waals surface area (Å²) in [5.74, 6) is 0.459. The molecule has 2 heterocycles. The minimum absolute atomic E-state index is 0.0489. The molecule has 0 saturated carbocycles. The predicted molar refractivity (Wildman–Crippen MR) is 91.7 cm³/mol. The van der Waals surface area contributed by atoms with Crippen LogP contribution in [0.2, 0.25) is 0 Å². The molecular formula is C18H32N2O4. The molecule has 0 bridgehead atoms. The van der Waals surface area contributed by atoms with Crippen molar-refractivity contribution < 1.29 is 19.1 Å². The van der Waals surface area contributed by atoms with Gasteiger partial charge in [0.2, 0.25) is 5.91 Å². The molecule has 2 amide bonds. The van der Waals surface area contributed by atoms with Crippen molar-refractivity contribution in [3.05, 3.63) is 0 Å². The first-order valence-corrected chi connectivity index (χ1v) is 8.81. The number of likely N-dealkylation sites (tertiary alicyclic amines) is 2. The van der Waals surface area contributed by atoms with E-state index >= 15 is 0 Å². The van der Waals surface area contributed by atoms with Crippen molar-refractivity contribution in [3.63, 3.8) is 0 Å². The Bertz CT molecular complexity index is 476. The number of hydrogen-bond acceptors (Lipinski definition) is 4. The van der Waals surface area contributed by atoms with Gasteiger partial charge < -0.3 is 19.3 Å². The van der Waals surface area contributed by atoms with Gasteiger partial charge in [-0.3, -0.25) is 4.79 Å². The van der Waals surface area contributed by atoms with Crippen LogP contribution >= 0.6 is 0 Å². The summed E-state index contributed by atoms with van der Waals surface area (Å²) in [5.41, 5.74) is -0.377. The lowest BCUT2D eigenvalue weighted by Crippen LogP contribution is -2.68. The lowest BCUT2D eigenvalue weighted by atomic mass is 9.67. The molecule has 0 aromatic carbocycles. The van der Waals surface area contributed by atoms with Gasteiger partial charge in [-0.25, -0.2) is 4.79 Å². The molecular weight excluding hydrogens is 308 g/mol. The zero-order valence-corrected chi connectivity index (χ0v) is 15.9. The maximum absolute atomic E-state index is 12.5. The lowest BCUT2D eigenvalue weighted by molar-refractivity contribution is -0.139. The van der Waals surface area contributed by atoms with Crippen LogP contribution in [0.1, 0.15) is 47.5 Å². The third-order valence-corrected chi connectivity index (χ3v) is 4.95. The van der Waals surface area contributed by atoms with Gasteiger partial charge in [-0.15, -0.1) is 0 Å². The summed E-state index contributed by atoms with van der Waals surface area (Å²) in [6, 6.07) is 0.187. The van der Waals surface area contributed by atoms with Gasteiger partial charge >= 0.3 is 6.09 Å². The highest BCUT2D eigenvalue weighted by Crippen LogP contribution is 2.45. The number of nitrogens with zero attached hydrogens (tertiary/aromatic N) is 2. The number of rotatable bonds is 3. The zero-order chi connectivity index (χ0) is 18.1. The minimum atomic E-state index is -0.475. The van der Waals surface area contributed by atoms with E-state index in [1.165, 1.54) is 0 Å². The van der Waals surface area contributed by atoms with Crippen LogP contribution in [0.3, 0.4) is 0 Å². The zero-order valence-electron chi connectivity index (χ0n) is 15.9. The smallest absolute Gasteiger partial charge is 0.410 e. The Balaban J connectivity index is 1.96. The number of hydrogen-bond donors (Lipinski definition) is 0. The molecule has 0 spiro atoms. The highest BCUT2D eigenvalue weighted by Gasteiger charge is 2.53. The Morgan fingerprint density at radius 3 is 2.21 bits per heavy atom. The number of piperidine rings is 1. The van der Waals surface area contributed by atoms with Crippen LogP contribution in [-0.4, -0.2) is 66.8 Å². The quantitative estimate of drug-likeness (QED) is 0.792. The second-order valence-corrected chi connectivity index (χ2v) is 8.69. The van der Waals surface area contributed by atoms with Crippen molar-refractivity contribution in [1.82, 2.24) is 9.80 Å². The maximum atomic E-state index is 12.5. The summed E-state index contributed by atoms with van der Waals surface area (Å²) in [4.78, 5) is 28.1. The van der Waals surface area contributed by atoms with E-state index in [1.807, 2.05) is 30.6 Å². The van der Waals surface area contributed by atoms with Crippen LogP contribution in [0.25, 0.3) is 0 Å². The minimum Gasteiger partial charge on any atom is -0.444 e. The number of amides is 2. The predicted octanol–water partition coefficient (Wildman–Crippen LogP) is 2.52. The molecule has 1 atom stereocenters. The molecule has 138 valence electrons. The molecule has 0 aliphatic carbocycles. The largest absolute Gasteiger partial charge is 0.444 e. The summed E-state index contributed by atoms with van der Waals surface area (Å²) >= 11 is 0. The van der Waals surface area contributed by atoms with E-state index in [-0.39, 0.29) is 30.1 Å². The monoisotopic (exact) mass is 340 g/mol. The van der Waals surface area contributed by atoms with Gasteiger partial charge in [0, 0.05) is 38.2 Å². The summed E-state index contributed by atoms with van der Waals surface area (Å²) in [5, 5.41) is 0. The van der Waals surface area contributed by atoms with Crippen LogP contribution in [-0.2, 0) is 14.3 Å². The summed E-state index contributed by atoms with van der Waals surface area (Å²) in [6.07, 6.45) is 1.62. The van der Waals surface area contributed by atoms with E-state index in [1.54, 1.807) is 7.11 Å². The van der Waals surface area contributed by atoms with Crippen LogP contribution in [0.15, 0.2) is 0 Å². The van der Waals surface area contributed by atoms with Gasteiger partial charge in [0.15, 0.2) is 0 Å². The number of carbonyl (C=O) groups excluding carboxylic acids is 2. The van der Waals surface area contributed by atoms with Gasteiger partial charge in [-0.1, -0.05) is 13.8 Å². The number of ether oxygens (including phenoxy) is 2. The standard InChI is InChI=1S/C18H32N2O4/c1-17(2,3)24-16(22)20-12-18(4,5)15(20)13-7-9-19(10-8-13)14(21)11-23-6/h13,15H,7-12H2,1-6H3. The van der Waals surface area contributed by atoms with Crippen LogP contribution < -0.4 is 0 Å². The first kappa shape index (κ1) is 19.0. The molecule has 2 aliphatic rings. The molecule has 6 nitrogen and oxygen atoms in total. The van der Waals surface area contributed by atoms with Crippen molar-refractivity contribution in [2.24, 2.45) is 11.3 Å². The van der Waals surface area contributed by atoms with Crippen LogP contribution in [0.5, 0.6) is 0 Å². The molecule has 2 aliphatic heterocycles. The van der Waals surface area contributed by atoms with E-state index in [0.29, 0.717) is 5.92 Å². The van der Waals surface area contributed by atoms with Crippen molar-refractivity contribution in [3.8, 4) is 0 Å². The molecule has 0 N–H and O–H groups in total. The van der Waals surface area contributed by atoms with Gasteiger partial charge in [0.25, 0.3) is 0 Å². The highest BCUT2D eigenvalue weighted by molar-refractivity contribution is 5.77. The fourth-order valence-corrected chi connectivity index (χ4v) is 4.01. The average Bonchev–Trinajstić information content (AvgIpc) is 2.44. The molecule has 0 aromatic rings. The molecule has 2 fully saturated rings. The molecule has 2 saturated heterocycles. The Kier molecular flexibility index (Phi) is 5.47. The van der Waals surface area contributed by atoms with Crippen LogP contribution in [0.4, 0.5) is 4.79 Å². The van der Waals surface area contributed by atoms with Gasteiger partial charge in [-0.2, -0.15) is 0 Å². The third-order valence-electron chi connectivity index (χ3n) is 4.95. The van der Waals surface area contributed by atoms with E-state index in [2.05, 4.69) is 13.8 Å². The highest BCUT2D eigenvalue weighted by atomic mass is 16.6. The fourth-order valence-electron chi connectivity index (χ4n) is 4.01. The number of carbonyl (C=O) groups is 2. The second kappa shape index (κ2) is 6.90. The Labute approximate surface area is 145 Å². The first-order chi connectivity index (χ1) is 11.0.